The molecule has 20 heavy (non-hydrogen) atoms. The molecule has 1 amide bonds. The number of benzene rings is 1. The summed E-state index contributed by atoms with van der Waals surface area (Å²) in [5.41, 5.74) is 0. The van der Waals surface area contributed by atoms with E-state index in [1.54, 1.807) is 19.2 Å². The molecule has 2 unspecified atom stereocenters. The topological polar surface area (TPSA) is 67.8 Å². The van der Waals surface area contributed by atoms with Crippen LogP contribution in [0.15, 0.2) is 24.3 Å². The fourth-order valence-electron chi connectivity index (χ4n) is 1.71. The van der Waals surface area contributed by atoms with Crippen molar-refractivity contribution in [3.63, 3.8) is 0 Å². The van der Waals surface area contributed by atoms with Gasteiger partial charge in [0.2, 0.25) is 0 Å². The fourth-order valence-corrected chi connectivity index (χ4v) is 2.33. The number of aliphatic hydroxyl groups is 1. The van der Waals surface area contributed by atoms with Crippen molar-refractivity contribution in [2.45, 2.75) is 18.2 Å². The Labute approximate surface area is 123 Å². The van der Waals surface area contributed by atoms with E-state index in [9.17, 15) is 4.79 Å². The maximum atomic E-state index is 11.8. The lowest BCUT2D eigenvalue weighted by molar-refractivity contribution is -0.123. The number of aliphatic hydroxyl groups excluding tert-OH is 1. The van der Waals surface area contributed by atoms with E-state index in [2.05, 4.69) is 5.32 Å². The minimum absolute atomic E-state index is 0.0230. The molecule has 0 aliphatic carbocycles. The molecule has 0 fully saturated rings. The van der Waals surface area contributed by atoms with E-state index in [4.69, 9.17) is 14.6 Å². The van der Waals surface area contributed by atoms with E-state index < -0.39 is 0 Å². The summed E-state index contributed by atoms with van der Waals surface area (Å²) in [6, 6.07) is 7.04. The van der Waals surface area contributed by atoms with Crippen molar-refractivity contribution >= 4 is 17.7 Å². The van der Waals surface area contributed by atoms with Crippen molar-refractivity contribution < 1.29 is 19.4 Å². The SMILES string of the molecule is COc1ccccc1OCC(=O)NC(C)C(CO)SC. The molecule has 0 aromatic heterocycles. The number of hydrogen-bond donors (Lipinski definition) is 2. The van der Waals surface area contributed by atoms with E-state index in [0.717, 1.165) is 0 Å². The fraction of sp³-hybridized carbons (Fsp3) is 0.500. The summed E-state index contributed by atoms with van der Waals surface area (Å²) in [5, 5.41) is 11.9. The highest BCUT2D eigenvalue weighted by Crippen LogP contribution is 2.25. The lowest BCUT2D eigenvalue weighted by Gasteiger charge is -2.21. The minimum Gasteiger partial charge on any atom is -0.493 e. The molecule has 1 aromatic rings. The Morgan fingerprint density at radius 3 is 2.60 bits per heavy atom. The second-order valence-corrected chi connectivity index (χ2v) is 5.33. The third-order valence-electron chi connectivity index (χ3n) is 2.86. The molecule has 2 N–H and O–H groups in total. The van der Waals surface area contributed by atoms with Crippen LogP contribution in [0.4, 0.5) is 0 Å². The van der Waals surface area contributed by atoms with Gasteiger partial charge < -0.3 is 19.9 Å². The number of rotatable bonds is 8. The molecule has 0 aliphatic rings. The van der Waals surface area contributed by atoms with Crippen LogP contribution in [-0.4, -0.2) is 48.9 Å². The predicted molar refractivity (Wildman–Crippen MR) is 80.5 cm³/mol. The van der Waals surface area contributed by atoms with Crippen LogP contribution < -0.4 is 14.8 Å². The first kappa shape index (κ1) is 16.7. The number of hydrogen-bond acceptors (Lipinski definition) is 5. The van der Waals surface area contributed by atoms with Crippen LogP contribution in [0.5, 0.6) is 11.5 Å². The van der Waals surface area contributed by atoms with E-state index in [0.29, 0.717) is 11.5 Å². The zero-order valence-corrected chi connectivity index (χ0v) is 12.8. The maximum Gasteiger partial charge on any atom is 0.258 e. The van der Waals surface area contributed by atoms with Gasteiger partial charge in [0.25, 0.3) is 5.91 Å². The summed E-state index contributed by atoms with van der Waals surface area (Å²) in [5.74, 6) is 0.892. The van der Waals surface area contributed by atoms with Crippen LogP contribution in [0.3, 0.4) is 0 Å². The molecule has 6 heteroatoms. The predicted octanol–water partition coefficient (Wildman–Crippen LogP) is 1.30. The zero-order valence-electron chi connectivity index (χ0n) is 12.0. The Morgan fingerprint density at radius 2 is 2.05 bits per heavy atom. The average molecular weight is 299 g/mol. The average Bonchev–Trinajstić information content (AvgIpc) is 2.46. The van der Waals surface area contributed by atoms with Crippen LogP contribution in [0.1, 0.15) is 6.92 Å². The first-order valence-electron chi connectivity index (χ1n) is 6.31. The number of carbonyl (C=O) groups excluding carboxylic acids is 1. The first-order valence-corrected chi connectivity index (χ1v) is 7.60. The van der Waals surface area contributed by atoms with Gasteiger partial charge in [0, 0.05) is 11.3 Å². The Kier molecular flexibility index (Phi) is 7.25. The zero-order chi connectivity index (χ0) is 15.0. The smallest absolute Gasteiger partial charge is 0.258 e. The molecular formula is C14H21NO4S. The highest BCUT2D eigenvalue weighted by atomic mass is 32.2. The molecule has 2 atom stereocenters. The van der Waals surface area contributed by atoms with Gasteiger partial charge in [-0.25, -0.2) is 0 Å². The monoisotopic (exact) mass is 299 g/mol. The number of thioether (sulfide) groups is 1. The highest BCUT2D eigenvalue weighted by Gasteiger charge is 2.17. The second-order valence-electron chi connectivity index (χ2n) is 4.25. The van der Waals surface area contributed by atoms with Gasteiger partial charge in [-0.15, -0.1) is 0 Å². The molecule has 0 spiro atoms. The maximum absolute atomic E-state index is 11.8. The minimum atomic E-state index is -0.226. The summed E-state index contributed by atoms with van der Waals surface area (Å²) < 4.78 is 10.6. The first-order chi connectivity index (χ1) is 9.62. The molecule has 1 rings (SSSR count). The van der Waals surface area contributed by atoms with E-state index >= 15 is 0 Å². The van der Waals surface area contributed by atoms with Gasteiger partial charge in [-0.1, -0.05) is 12.1 Å². The molecule has 5 nitrogen and oxygen atoms in total. The number of ether oxygens (including phenoxy) is 2. The molecule has 0 aliphatic heterocycles. The number of para-hydroxylation sites is 2. The standard InChI is InChI=1S/C14H21NO4S/c1-10(13(8-16)20-3)15-14(17)9-19-12-7-5-4-6-11(12)18-2/h4-7,10,13,16H,8-9H2,1-3H3,(H,15,17). The van der Waals surface area contributed by atoms with Gasteiger partial charge in [0.15, 0.2) is 18.1 Å². The number of carbonyl (C=O) groups is 1. The van der Waals surface area contributed by atoms with Crippen LogP contribution in [0.2, 0.25) is 0 Å². The molecule has 0 radical (unpaired) electrons. The lowest BCUT2D eigenvalue weighted by Crippen LogP contribution is -2.43. The Balaban J connectivity index is 2.47. The van der Waals surface area contributed by atoms with Crippen molar-refractivity contribution in [1.82, 2.24) is 5.32 Å². The summed E-state index contributed by atoms with van der Waals surface area (Å²) in [7, 11) is 1.55. The van der Waals surface area contributed by atoms with E-state index in [1.165, 1.54) is 11.8 Å². The molecule has 0 bridgehead atoms. The van der Waals surface area contributed by atoms with Crippen molar-refractivity contribution in [1.29, 1.82) is 0 Å². The molecular weight excluding hydrogens is 278 g/mol. The van der Waals surface area contributed by atoms with Crippen molar-refractivity contribution in [3.05, 3.63) is 24.3 Å². The number of amides is 1. The van der Waals surface area contributed by atoms with Crippen molar-refractivity contribution in [2.24, 2.45) is 0 Å². The third-order valence-corrected chi connectivity index (χ3v) is 4.02. The second kappa shape index (κ2) is 8.71. The van der Waals surface area contributed by atoms with Gasteiger partial charge in [0.1, 0.15) is 0 Å². The van der Waals surface area contributed by atoms with Gasteiger partial charge in [0.05, 0.1) is 13.7 Å². The quantitative estimate of drug-likeness (QED) is 0.757. The summed E-state index contributed by atoms with van der Waals surface area (Å²) in [6.07, 6.45) is 1.90. The van der Waals surface area contributed by atoms with Crippen LogP contribution in [0.25, 0.3) is 0 Å². The van der Waals surface area contributed by atoms with Crippen LogP contribution in [0, 0.1) is 0 Å². The molecule has 0 saturated heterocycles. The van der Waals surface area contributed by atoms with E-state index in [-0.39, 0.29) is 30.4 Å². The summed E-state index contributed by atoms with van der Waals surface area (Å²) in [4.78, 5) is 11.8. The number of methoxy groups -OCH3 is 1. The molecule has 0 heterocycles. The lowest BCUT2D eigenvalue weighted by atomic mass is 10.2. The molecule has 112 valence electrons. The molecule has 0 saturated carbocycles. The Bertz CT molecular complexity index is 423. The van der Waals surface area contributed by atoms with E-state index in [1.807, 2.05) is 25.3 Å². The van der Waals surface area contributed by atoms with Crippen LogP contribution in [-0.2, 0) is 4.79 Å². The third kappa shape index (κ3) is 4.94. The Morgan fingerprint density at radius 1 is 1.40 bits per heavy atom. The Hall–Kier alpha value is -1.40. The van der Waals surface area contributed by atoms with Crippen molar-refractivity contribution in [2.75, 3.05) is 26.6 Å². The number of nitrogens with one attached hydrogen (secondary N) is 1. The van der Waals surface area contributed by atoms with Gasteiger partial charge in [-0.2, -0.15) is 11.8 Å². The van der Waals surface area contributed by atoms with Gasteiger partial charge in [-0.05, 0) is 25.3 Å². The summed E-state index contributed by atoms with van der Waals surface area (Å²) >= 11 is 1.52. The summed E-state index contributed by atoms with van der Waals surface area (Å²) in [6.45, 7) is 1.80. The normalized spacial score (nSPS) is 13.4. The van der Waals surface area contributed by atoms with Gasteiger partial charge >= 0.3 is 0 Å². The largest absolute Gasteiger partial charge is 0.493 e. The highest BCUT2D eigenvalue weighted by molar-refractivity contribution is 7.99. The van der Waals surface area contributed by atoms with Crippen molar-refractivity contribution in [3.8, 4) is 11.5 Å². The van der Waals surface area contributed by atoms with Crippen LogP contribution >= 0.6 is 11.8 Å². The molecule has 1 aromatic carbocycles. The van der Waals surface area contributed by atoms with Gasteiger partial charge in [-0.3, -0.25) is 4.79 Å².